The fourth-order valence-corrected chi connectivity index (χ4v) is 5.86. The van der Waals surface area contributed by atoms with Gasteiger partial charge < -0.3 is 24.6 Å². The van der Waals surface area contributed by atoms with Crippen LogP contribution in [0.1, 0.15) is 49.6 Å². The number of carboxylic acids is 3. The molecule has 2 aliphatic heterocycles. The van der Waals surface area contributed by atoms with Crippen molar-refractivity contribution in [2.24, 2.45) is 5.92 Å². The van der Waals surface area contributed by atoms with E-state index in [-0.39, 0.29) is 6.04 Å². The average Bonchev–Trinajstić information content (AvgIpc) is 3.46. The van der Waals surface area contributed by atoms with Crippen molar-refractivity contribution in [1.29, 1.82) is 0 Å². The van der Waals surface area contributed by atoms with E-state index in [2.05, 4.69) is 48.6 Å². The molecule has 9 heteroatoms. The third-order valence-electron chi connectivity index (χ3n) is 7.35. The van der Waals surface area contributed by atoms with Crippen molar-refractivity contribution in [2.45, 2.75) is 57.7 Å². The number of ether oxygens (including phenoxy) is 1. The second kappa shape index (κ2) is 10.9. The van der Waals surface area contributed by atoms with Crippen LogP contribution in [-0.4, -0.2) is 75.0 Å². The Kier molecular flexibility index (Phi) is 7.85. The Morgan fingerprint density at radius 1 is 1.14 bits per heavy atom. The fraction of sp³-hybridized carbons (Fsp3) is 0.464. The number of nitrogens with zero attached hydrogens (tertiary/aromatic N) is 2. The highest BCUT2D eigenvalue weighted by atomic mass is 16.5. The van der Waals surface area contributed by atoms with Gasteiger partial charge in [-0.1, -0.05) is 18.2 Å². The smallest absolute Gasteiger partial charge is 0.328 e. The highest BCUT2D eigenvalue weighted by Crippen LogP contribution is 2.44. The second-order valence-corrected chi connectivity index (χ2v) is 10.2. The third-order valence-corrected chi connectivity index (χ3v) is 7.35. The summed E-state index contributed by atoms with van der Waals surface area (Å²) in [7, 11) is 2.07. The lowest BCUT2D eigenvalue weighted by molar-refractivity contribution is -0.141. The molecule has 1 aromatic carbocycles. The van der Waals surface area contributed by atoms with E-state index in [4.69, 9.17) is 14.9 Å². The minimum atomic E-state index is -1.26. The number of likely N-dealkylation sites (N-methyl/N-ethyl adjacent to an activating group) is 1. The highest BCUT2D eigenvalue weighted by Gasteiger charge is 2.38. The predicted octanol–water partition coefficient (Wildman–Crippen LogP) is 3.61. The Morgan fingerprint density at radius 2 is 1.84 bits per heavy atom. The molecule has 3 heterocycles. The van der Waals surface area contributed by atoms with Gasteiger partial charge >= 0.3 is 17.9 Å². The van der Waals surface area contributed by atoms with Crippen LogP contribution in [0, 0.1) is 5.92 Å². The molecule has 2 aromatic rings. The molecular formula is C28H34N2O7. The summed E-state index contributed by atoms with van der Waals surface area (Å²) in [5.41, 5.74) is 6.55. The van der Waals surface area contributed by atoms with E-state index in [9.17, 15) is 19.5 Å². The van der Waals surface area contributed by atoms with Gasteiger partial charge in [0.15, 0.2) is 0 Å². The maximum atomic E-state index is 11.7. The first-order valence-electron chi connectivity index (χ1n) is 12.6. The second-order valence-electron chi connectivity index (χ2n) is 10.2. The fourth-order valence-electron chi connectivity index (χ4n) is 5.86. The number of hydrogen-bond acceptors (Lipinski definition) is 5. The van der Waals surface area contributed by atoms with Crippen molar-refractivity contribution in [3.05, 3.63) is 53.2 Å². The third kappa shape index (κ3) is 5.47. The summed E-state index contributed by atoms with van der Waals surface area (Å²) in [4.78, 5) is 33.1. The Bertz CT molecular complexity index is 1250. The van der Waals surface area contributed by atoms with E-state index in [1.54, 1.807) is 0 Å². The van der Waals surface area contributed by atoms with Gasteiger partial charge in [0.1, 0.15) is 0 Å². The van der Waals surface area contributed by atoms with Crippen molar-refractivity contribution in [3.63, 3.8) is 0 Å². The van der Waals surface area contributed by atoms with E-state index in [0.29, 0.717) is 30.8 Å². The Labute approximate surface area is 215 Å². The maximum Gasteiger partial charge on any atom is 0.328 e. The number of rotatable bonds is 6. The molecule has 0 saturated carbocycles. The van der Waals surface area contributed by atoms with Crippen LogP contribution in [0.15, 0.2) is 36.4 Å². The van der Waals surface area contributed by atoms with E-state index >= 15 is 0 Å². The van der Waals surface area contributed by atoms with E-state index in [1.807, 2.05) is 6.08 Å². The Morgan fingerprint density at radius 3 is 2.41 bits per heavy atom. The first kappa shape index (κ1) is 26.6. The lowest BCUT2D eigenvalue weighted by Gasteiger charge is -2.39. The predicted molar refractivity (Wildman–Crippen MR) is 139 cm³/mol. The molecule has 0 amide bonds. The van der Waals surface area contributed by atoms with E-state index < -0.39 is 23.8 Å². The van der Waals surface area contributed by atoms with Crippen LogP contribution >= 0.6 is 0 Å². The summed E-state index contributed by atoms with van der Waals surface area (Å²) in [6, 6.07) is 7.15. The monoisotopic (exact) mass is 510 g/mol. The van der Waals surface area contributed by atoms with Crippen LogP contribution in [0.5, 0.6) is 0 Å². The number of hydrogen-bond donors (Lipinski definition) is 3. The molecule has 1 aliphatic carbocycles. The quantitative estimate of drug-likeness (QED) is 0.503. The topological polar surface area (TPSA) is 129 Å². The lowest BCUT2D eigenvalue weighted by atomic mass is 9.79. The van der Waals surface area contributed by atoms with Gasteiger partial charge in [0.25, 0.3) is 0 Å². The maximum absolute atomic E-state index is 11.7. The minimum absolute atomic E-state index is 0.245. The van der Waals surface area contributed by atoms with Gasteiger partial charge in [0.05, 0.1) is 12.0 Å². The van der Waals surface area contributed by atoms with Crippen molar-refractivity contribution < 1.29 is 34.4 Å². The molecule has 3 N–H and O–H groups in total. The van der Waals surface area contributed by atoms with Gasteiger partial charge in [-0.05, 0) is 62.9 Å². The SMILES string of the molecule is CC(C)n1c(CC2CCCO2)c2c3c(cccc31)C1=C[C@@H](C(=O)O)CN(C)[C@@H]1C2.O=C(O)/C=C\C(=O)O. The number of aliphatic carboxylic acids is 3. The minimum Gasteiger partial charge on any atom is -0.481 e. The molecule has 3 atom stereocenters. The average molecular weight is 511 g/mol. The van der Waals surface area contributed by atoms with E-state index in [1.165, 1.54) is 33.3 Å². The van der Waals surface area contributed by atoms with E-state index in [0.717, 1.165) is 32.3 Å². The number of benzene rings is 1. The number of carboxylic acid groups (broad SMARTS) is 3. The van der Waals surface area contributed by atoms with Gasteiger partial charge in [-0.15, -0.1) is 0 Å². The zero-order chi connectivity index (χ0) is 26.9. The summed E-state index contributed by atoms with van der Waals surface area (Å²) in [5, 5.41) is 26.6. The molecule has 0 radical (unpaired) electrons. The Balaban J connectivity index is 0.000000349. The van der Waals surface area contributed by atoms with Gasteiger partial charge in [-0.2, -0.15) is 0 Å². The normalized spacial score (nSPS) is 23.0. The molecule has 1 unspecified atom stereocenters. The van der Waals surface area contributed by atoms with Gasteiger partial charge in [0.2, 0.25) is 0 Å². The molecule has 198 valence electrons. The van der Waals surface area contributed by atoms with Crippen molar-refractivity contribution in [3.8, 4) is 0 Å². The van der Waals surface area contributed by atoms with Crippen LogP contribution in [0.3, 0.4) is 0 Å². The van der Waals surface area contributed by atoms with Crippen molar-refractivity contribution >= 4 is 34.4 Å². The summed E-state index contributed by atoms with van der Waals surface area (Å²) in [6.45, 7) is 5.96. The van der Waals surface area contributed by atoms with Crippen molar-refractivity contribution in [2.75, 3.05) is 20.2 Å². The van der Waals surface area contributed by atoms with Crippen LogP contribution in [0.25, 0.3) is 16.5 Å². The number of fused-ring (bicyclic) bond motifs is 2. The molecule has 9 nitrogen and oxygen atoms in total. The van der Waals surface area contributed by atoms with Gasteiger partial charge in [0, 0.05) is 60.4 Å². The summed E-state index contributed by atoms with van der Waals surface area (Å²) in [5.74, 6) is -3.69. The van der Waals surface area contributed by atoms with Crippen LogP contribution < -0.4 is 0 Å². The Hall–Kier alpha value is -3.43. The standard InChI is InChI=1S/C24H30N2O3.C4H4O4/c1-14(2)26-20-8-4-7-17-18-10-15(24(27)28)13-25(3)21(18)12-19(23(17)20)22(26)11-16-6-5-9-29-16;5-3(6)1-2-4(7)8/h4,7-8,10,14-16,21H,5-6,9,11-13H2,1-3H3,(H,27,28);1-2H,(H,5,6)(H,7,8)/b;2-1-/t15-,16?,21-;/m1./s1. The molecule has 1 aromatic heterocycles. The molecule has 0 spiro atoms. The zero-order valence-corrected chi connectivity index (χ0v) is 21.4. The molecule has 5 rings (SSSR count). The molecule has 1 saturated heterocycles. The largest absolute Gasteiger partial charge is 0.481 e. The zero-order valence-electron chi connectivity index (χ0n) is 21.4. The first-order valence-corrected chi connectivity index (χ1v) is 12.6. The molecule has 0 bridgehead atoms. The van der Waals surface area contributed by atoms with Gasteiger partial charge in [-0.25, -0.2) is 9.59 Å². The first-order chi connectivity index (χ1) is 17.6. The van der Waals surface area contributed by atoms with Crippen molar-refractivity contribution in [1.82, 2.24) is 9.47 Å². The summed E-state index contributed by atoms with van der Waals surface area (Å²) >= 11 is 0. The highest BCUT2D eigenvalue weighted by molar-refractivity contribution is 6.00. The molecular weight excluding hydrogens is 476 g/mol. The molecule has 3 aliphatic rings. The summed E-state index contributed by atoms with van der Waals surface area (Å²) in [6.07, 6.45) is 7.65. The molecule has 1 fully saturated rings. The van der Waals surface area contributed by atoms with Crippen LogP contribution in [0.4, 0.5) is 0 Å². The van der Waals surface area contributed by atoms with Crippen LogP contribution in [-0.2, 0) is 32.0 Å². The number of aromatic nitrogens is 1. The van der Waals surface area contributed by atoms with Gasteiger partial charge in [-0.3, -0.25) is 9.69 Å². The lowest BCUT2D eigenvalue weighted by Crippen LogP contribution is -2.44. The molecule has 37 heavy (non-hydrogen) atoms. The van der Waals surface area contributed by atoms with Crippen LogP contribution in [0.2, 0.25) is 0 Å². The number of carbonyl (C=O) groups is 3. The summed E-state index contributed by atoms with van der Waals surface area (Å²) < 4.78 is 8.51.